The number of hydrogen-bond acceptors (Lipinski definition) is 3. The lowest BCUT2D eigenvalue weighted by Gasteiger charge is -2.27. The minimum Gasteiger partial charge on any atom is -0.310 e. The molecule has 43 heavy (non-hydrogen) atoms. The van der Waals surface area contributed by atoms with E-state index in [-0.39, 0.29) is 0 Å². The van der Waals surface area contributed by atoms with Crippen molar-refractivity contribution < 1.29 is 0 Å². The van der Waals surface area contributed by atoms with Crippen molar-refractivity contribution in [1.82, 2.24) is 0 Å². The maximum atomic E-state index is 2.38. The fraction of sp³-hybridized carbons (Fsp3) is 0. The van der Waals surface area contributed by atoms with Crippen molar-refractivity contribution in [2.24, 2.45) is 0 Å². The third kappa shape index (κ3) is 4.51. The summed E-state index contributed by atoms with van der Waals surface area (Å²) in [5.41, 5.74) is 6.90. The van der Waals surface area contributed by atoms with Gasteiger partial charge in [0.1, 0.15) is 0 Å². The first-order valence-corrected chi connectivity index (χ1v) is 15.4. The molecule has 1 aromatic heterocycles. The number of thiophene rings is 1. The molecule has 0 aliphatic carbocycles. The minimum absolute atomic E-state index is 1.14. The summed E-state index contributed by atoms with van der Waals surface area (Å²) >= 11 is 1.87. The van der Waals surface area contributed by atoms with Gasteiger partial charge in [-0.25, -0.2) is 0 Å². The van der Waals surface area contributed by atoms with Crippen LogP contribution in [0.4, 0.5) is 34.1 Å². The van der Waals surface area contributed by atoms with E-state index in [2.05, 4.69) is 180 Å². The van der Waals surface area contributed by atoms with Crippen molar-refractivity contribution in [1.29, 1.82) is 0 Å². The summed E-state index contributed by atoms with van der Waals surface area (Å²) in [6.07, 6.45) is 0. The van der Waals surface area contributed by atoms with Crippen LogP contribution in [0.3, 0.4) is 0 Å². The van der Waals surface area contributed by atoms with E-state index in [9.17, 15) is 0 Å². The van der Waals surface area contributed by atoms with E-state index in [0.29, 0.717) is 0 Å². The van der Waals surface area contributed by atoms with Gasteiger partial charge in [0, 0.05) is 54.0 Å². The molecular weight excluding hydrogens is 541 g/mol. The van der Waals surface area contributed by atoms with Crippen LogP contribution >= 0.6 is 11.3 Å². The highest BCUT2D eigenvalue weighted by molar-refractivity contribution is 7.26. The molecule has 0 aliphatic heterocycles. The first kappa shape index (κ1) is 25.3. The van der Waals surface area contributed by atoms with Crippen LogP contribution in [0.5, 0.6) is 0 Å². The molecule has 0 bridgehead atoms. The molecule has 8 aromatic rings. The van der Waals surface area contributed by atoms with Crippen molar-refractivity contribution in [3.8, 4) is 0 Å². The summed E-state index contributed by atoms with van der Waals surface area (Å²) in [5, 5.41) is 5.12. The maximum absolute atomic E-state index is 2.38. The number of para-hydroxylation sites is 4. The van der Waals surface area contributed by atoms with Crippen LogP contribution in [-0.4, -0.2) is 0 Å². The smallest absolute Gasteiger partial charge is 0.0554 e. The van der Waals surface area contributed by atoms with E-state index in [1.807, 2.05) is 11.3 Å². The van der Waals surface area contributed by atoms with Gasteiger partial charge in [-0.1, -0.05) is 103 Å². The second kappa shape index (κ2) is 10.8. The lowest BCUT2D eigenvalue weighted by molar-refractivity contribution is 1.29. The van der Waals surface area contributed by atoms with Gasteiger partial charge in [-0.3, -0.25) is 0 Å². The lowest BCUT2D eigenvalue weighted by Crippen LogP contribution is -2.10. The zero-order chi connectivity index (χ0) is 28.6. The van der Waals surface area contributed by atoms with Crippen LogP contribution in [0.25, 0.3) is 30.9 Å². The second-order valence-electron chi connectivity index (χ2n) is 10.6. The monoisotopic (exact) mass is 568 g/mol. The van der Waals surface area contributed by atoms with E-state index in [0.717, 1.165) is 28.4 Å². The number of nitrogens with zero attached hydrogens (tertiary/aromatic N) is 2. The number of benzene rings is 7. The number of rotatable bonds is 6. The second-order valence-corrected chi connectivity index (χ2v) is 11.7. The molecule has 7 aromatic carbocycles. The molecular formula is C40H28N2S. The SMILES string of the molecule is c1ccc(N(c2ccccc2)c2ccc3c(c2)sc2cc(N(c4ccccc4)c4ccccc4)c4ccccc4c23)cc1. The van der Waals surface area contributed by atoms with Gasteiger partial charge in [0.15, 0.2) is 0 Å². The van der Waals surface area contributed by atoms with E-state index in [1.165, 1.54) is 36.6 Å². The molecule has 0 spiro atoms. The van der Waals surface area contributed by atoms with E-state index in [4.69, 9.17) is 0 Å². The fourth-order valence-electron chi connectivity index (χ4n) is 6.12. The number of fused-ring (bicyclic) bond motifs is 5. The molecule has 0 unspecified atom stereocenters. The van der Waals surface area contributed by atoms with Crippen molar-refractivity contribution in [3.05, 3.63) is 170 Å². The maximum Gasteiger partial charge on any atom is 0.0554 e. The summed E-state index contributed by atoms with van der Waals surface area (Å²) < 4.78 is 2.56. The Bertz CT molecular complexity index is 2090. The number of hydrogen-bond donors (Lipinski definition) is 0. The summed E-state index contributed by atoms with van der Waals surface area (Å²) in [7, 11) is 0. The molecule has 3 heteroatoms. The number of anilines is 6. The Hall–Kier alpha value is -5.38. The highest BCUT2D eigenvalue weighted by atomic mass is 32.1. The van der Waals surface area contributed by atoms with Crippen LogP contribution in [-0.2, 0) is 0 Å². The fourth-order valence-corrected chi connectivity index (χ4v) is 7.31. The van der Waals surface area contributed by atoms with E-state index < -0.39 is 0 Å². The Morgan fingerprint density at radius 1 is 0.326 bits per heavy atom. The predicted molar refractivity (Wildman–Crippen MR) is 186 cm³/mol. The predicted octanol–water partition coefficient (Wildman–Crippen LogP) is 12.1. The lowest BCUT2D eigenvalue weighted by atomic mass is 10.0. The molecule has 0 amide bonds. The van der Waals surface area contributed by atoms with Gasteiger partial charge in [0.25, 0.3) is 0 Å². The van der Waals surface area contributed by atoms with E-state index >= 15 is 0 Å². The van der Waals surface area contributed by atoms with Crippen molar-refractivity contribution >= 4 is 76.4 Å². The Morgan fingerprint density at radius 3 is 1.33 bits per heavy atom. The molecule has 0 aliphatic rings. The van der Waals surface area contributed by atoms with Crippen LogP contribution in [0, 0.1) is 0 Å². The zero-order valence-corrected chi connectivity index (χ0v) is 24.3. The summed E-state index contributed by atoms with van der Waals surface area (Å²) in [4.78, 5) is 4.71. The third-order valence-electron chi connectivity index (χ3n) is 8.00. The van der Waals surface area contributed by atoms with Crippen LogP contribution < -0.4 is 9.80 Å². The summed E-state index contributed by atoms with van der Waals surface area (Å²) in [6, 6.07) is 60.7. The van der Waals surface area contributed by atoms with E-state index in [1.54, 1.807) is 0 Å². The summed E-state index contributed by atoms with van der Waals surface area (Å²) in [5.74, 6) is 0. The Labute approximate surface area is 255 Å². The van der Waals surface area contributed by atoms with Crippen LogP contribution in [0.15, 0.2) is 170 Å². The zero-order valence-electron chi connectivity index (χ0n) is 23.5. The molecule has 0 atom stereocenters. The van der Waals surface area contributed by atoms with Gasteiger partial charge in [0.05, 0.1) is 5.69 Å². The molecule has 0 saturated heterocycles. The average molecular weight is 569 g/mol. The highest BCUT2D eigenvalue weighted by Gasteiger charge is 2.20. The molecule has 0 saturated carbocycles. The molecule has 0 fully saturated rings. The molecule has 8 rings (SSSR count). The van der Waals surface area contributed by atoms with Gasteiger partial charge in [-0.2, -0.15) is 0 Å². The Morgan fingerprint density at radius 2 is 0.791 bits per heavy atom. The molecule has 204 valence electrons. The van der Waals surface area contributed by atoms with Gasteiger partial charge >= 0.3 is 0 Å². The molecule has 0 radical (unpaired) electrons. The molecule has 0 N–H and O–H groups in total. The quantitative estimate of drug-likeness (QED) is 0.197. The first-order valence-electron chi connectivity index (χ1n) is 14.5. The van der Waals surface area contributed by atoms with Crippen LogP contribution in [0.1, 0.15) is 0 Å². The van der Waals surface area contributed by atoms with Gasteiger partial charge < -0.3 is 9.80 Å². The van der Waals surface area contributed by atoms with Gasteiger partial charge in [0.2, 0.25) is 0 Å². The Balaban J connectivity index is 1.36. The standard InChI is InChI=1S/C40H28N2S/c1-5-15-29(16-6-1)41(30-17-7-2-8-18-30)33-25-26-36-38(27-33)43-39-28-37(34-23-13-14-24-35(34)40(36)39)42(31-19-9-3-10-20-31)32-21-11-4-12-22-32/h1-28H. The molecule has 1 heterocycles. The van der Waals surface area contributed by atoms with Gasteiger partial charge in [-0.15, -0.1) is 11.3 Å². The topological polar surface area (TPSA) is 6.48 Å². The van der Waals surface area contributed by atoms with Crippen molar-refractivity contribution in [2.75, 3.05) is 9.80 Å². The first-order chi connectivity index (χ1) is 21.3. The average Bonchev–Trinajstić information content (AvgIpc) is 3.45. The molecule has 2 nitrogen and oxygen atoms in total. The normalized spacial score (nSPS) is 11.3. The van der Waals surface area contributed by atoms with Crippen LogP contribution in [0.2, 0.25) is 0 Å². The third-order valence-corrected chi connectivity index (χ3v) is 9.10. The largest absolute Gasteiger partial charge is 0.310 e. The highest BCUT2D eigenvalue weighted by Crippen LogP contribution is 2.47. The Kier molecular flexibility index (Phi) is 6.36. The minimum atomic E-state index is 1.14. The van der Waals surface area contributed by atoms with Crippen molar-refractivity contribution in [2.45, 2.75) is 0 Å². The van der Waals surface area contributed by atoms with Crippen molar-refractivity contribution in [3.63, 3.8) is 0 Å². The van der Waals surface area contributed by atoms with Gasteiger partial charge in [-0.05, 0) is 72.1 Å². The summed E-state index contributed by atoms with van der Waals surface area (Å²) in [6.45, 7) is 0.